The molecule has 0 spiro atoms. The number of rotatable bonds is 4. The molecule has 0 aliphatic heterocycles. The Morgan fingerprint density at radius 2 is 1.30 bits per heavy atom. The molecule has 3 aromatic rings. The summed E-state index contributed by atoms with van der Waals surface area (Å²) >= 11 is 0. The first-order valence-electron chi connectivity index (χ1n) is 7.07. The lowest BCUT2D eigenvalue weighted by molar-refractivity contribution is 0.475. The van der Waals surface area contributed by atoms with Crippen molar-refractivity contribution < 1.29 is 5.11 Å². The summed E-state index contributed by atoms with van der Waals surface area (Å²) in [7, 11) is 0. The molecule has 0 atom stereocenters. The number of aromatic hydroxyl groups is 1. The molecule has 0 saturated heterocycles. The average Bonchev–Trinajstić information content (AvgIpc) is 2.49. The number of aryl methyl sites for hydroxylation is 2. The maximum atomic E-state index is 9.26. The molecule has 0 unspecified atom stereocenters. The van der Waals surface area contributed by atoms with E-state index >= 15 is 0 Å². The van der Waals surface area contributed by atoms with Gasteiger partial charge in [-0.2, -0.15) is 0 Å². The zero-order valence-electron chi connectivity index (χ0n) is 11.4. The first kappa shape index (κ1) is 12.7. The minimum Gasteiger partial charge on any atom is -0.508 e. The summed E-state index contributed by atoms with van der Waals surface area (Å²) in [6, 6.07) is 22.7. The Morgan fingerprint density at radius 1 is 0.650 bits per heavy atom. The van der Waals surface area contributed by atoms with E-state index in [0.29, 0.717) is 5.75 Å². The van der Waals surface area contributed by atoms with Gasteiger partial charge in [-0.05, 0) is 53.3 Å². The standard InChI is InChI=1S/C19H18O/c20-19-12-9-15(10-13-19)4-3-5-16-8-11-17-6-1-2-7-18(17)14-16/h1-2,6-14,20H,3-5H2. The smallest absolute Gasteiger partial charge is 0.115 e. The SMILES string of the molecule is Oc1ccc(CCCc2ccc3ccccc3c2)cc1. The van der Waals surface area contributed by atoms with Crippen molar-refractivity contribution in [3.05, 3.63) is 77.9 Å². The van der Waals surface area contributed by atoms with Crippen LogP contribution in [0.5, 0.6) is 5.75 Å². The molecule has 20 heavy (non-hydrogen) atoms. The van der Waals surface area contributed by atoms with Gasteiger partial charge in [-0.25, -0.2) is 0 Å². The van der Waals surface area contributed by atoms with E-state index in [0.717, 1.165) is 19.3 Å². The maximum absolute atomic E-state index is 9.26. The van der Waals surface area contributed by atoms with E-state index in [9.17, 15) is 5.11 Å². The van der Waals surface area contributed by atoms with Crippen LogP contribution in [-0.2, 0) is 12.8 Å². The van der Waals surface area contributed by atoms with Crippen molar-refractivity contribution in [2.75, 3.05) is 0 Å². The van der Waals surface area contributed by atoms with Crippen LogP contribution in [0, 0.1) is 0 Å². The first-order valence-corrected chi connectivity index (χ1v) is 7.07. The van der Waals surface area contributed by atoms with Gasteiger partial charge in [0.15, 0.2) is 0 Å². The van der Waals surface area contributed by atoms with Gasteiger partial charge in [0.1, 0.15) is 5.75 Å². The highest BCUT2D eigenvalue weighted by Crippen LogP contribution is 2.18. The number of benzene rings is 3. The quantitative estimate of drug-likeness (QED) is 0.721. The molecule has 0 radical (unpaired) electrons. The Labute approximate surface area is 119 Å². The first-order chi connectivity index (χ1) is 9.81. The summed E-state index contributed by atoms with van der Waals surface area (Å²) in [6.07, 6.45) is 3.27. The maximum Gasteiger partial charge on any atom is 0.115 e. The Balaban J connectivity index is 1.63. The van der Waals surface area contributed by atoms with E-state index < -0.39 is 0 Å². The largest absolute Gasteiger partial charge is 0.508 e. The zero-order chi connectivity index (χ0) is 13.8. The highest BCUT2D eigenvalue weighted by Gasteiger charge is 1.98. The minimum atomic E-state index is 0.336. The Morgan fingerprint density at radius 3 is 2.10 bits per heavy atom. The van der Waals surface area contributed by atoms with Crippen LogP contribution in [0.25, 0.3) is 10.8 Å². The van der Waals surface area contributed by atoms with E-state index in [1.54, 1.807) is 12.1 Å². The van der Waals surface area contributed by atoms with Gasteiger partial charge in [0.2, 0.25) is 0 Å². The zero-order valence-corrected chi connectivity index (χ0v) is 11.4. The number of phenols is 1. The molecule has 1 heteroatoms. The fourth-order valence-electron chi connectivity index (χ4n) is 2.55. The third-order valence-electron chi connectivity index (χ3n) is 3.68. The summed E-state index contributed by atoms with van der Waals surface area (Å²) in [5, 5.41) is 11.9. The summed E-state index contributed by atoms with van der Waals surface area (Å²) < 4.78 is 0. The summed E-state index contributed by atoms with van der Waals surface area (Å²) in [4.78, 5) is 0. The average molecular weight is 262 g/mol. The monoisotopic (exact) mass is 262 g/mol. The van der Waals surface area contributed by atoms with E-state index in [2.05, 4.69) is 42.5 Å². The van der Waals surface area contributed by atoms with Crippen LogP contribution in [0.15, 0.2) is 66.7 Å². The van der Waals surface area contributed by atoms with E-state index in [-0.39, 0.29) is 0 Å². The molecule has 0 saturated carbocycles. The number of hydrogen-bond acceptors (Lipinski definition) is 1. The molecule has 3 aromatic carbocycles. The van der Waals surface area contributed by atoms with Crippen LogP contribution < -0.4 is 0 Å². The topological polar surface area (TPSA) is 20.2 Å². The van der Waals surface area contributed by atoms with Crippen molar-refractivity contribution in [3.8, 4) is 5.75 Å². The van der Waals surface area contributed by atoms with Crippen LogP contribution in [-0.4, -0.2) is 5.11 Å². The van der Waals surface area contributed by atoms with Crippen LogP contribution in [0.3, 0.4) is 0 Å². The van der Waals surface area contributed by atoms with Crippen molar-refractivity contribution in [1.29, 1.82) is 0 Å². The third kappa shape index (κ3) is 3.00. The molecule has 0 aromatic heterocycles. The highest BCUT2D eigenvalue weighted by molar-refractivity contribution is 5.82. The molecule has 0 bridgehead atoms. The Bertz CT molecular complexity index is 698. The molecule has 3 rings (SSSR count). The molecule has 1 N–H and O–H groups in total. The Hall–Kier alpha value is -2.28. The number of hydrogen-bond donors (Lipinski definition) is 1. The van der Waals surface area contributed by atoms with Gasteiger partial charge in [-0.15, -0.1) is 0 Å². The summed E-state index contributed by atoms with van der Waals surface area (Å²) in [5.41, 5.74) is 2.67. The van der Waals surface area contributed by atoms with Crippen molar-refractivity contribution in [2.24, 2.45) is 0 Å². The fourth-order valence-corrected chi connectivity index (χ4v) is 2.55. The number of phenolic OH excluding ortho intramolecular Hbond substituents is 1. The van der Waals surface area contributed by atoms with E-state index in [1.165, 1.54) is 21.9 Å². The molecule has 0 heterocycles. The van der Waals surface area contributed by atoms with Crippen LogP contribution in [0.2, 0.25) is 0 Å². The van der Waals surface area contributed by atoms with Gasteiger partial charge in [0.05, 0.1) is 0 Å². The second-order valence-corrected chi connectivity index (χ2v) is 5.20. The lowest BCUT2D eigenvalue weighted by atomic mass is 10.0. The molecule has 0 aliphatic rings. The highest BCUT2D eigenvalue weighted by atomic mass is 16.3. The Kier molecular flexibility index (Phi) is 3.69. The number of fused-ring (bicyclic) bond motifs is 1. The fraction of sp³-hybridized carbons (Fsp3) is 0.158. The predicted octanol–water partition coefficient (Wildman–Crippen LogP) is 4.72. The lowest BCUT2D eigenvalue weighted by Gasteiger charge is -2.05. The predicted molar refractivity (Wildman–Crippen MR) is 84.1 cm³/mol. The van der Waals surface area contributed by atoms with Gasteiger partial charge in [0, 0.05) is 0 Å². The van der Waals surface area contributed by atoms with Gasteiger partial charge < -0.3 is 5.11 Å². The van der Waals surface area contributed by atoms with E-state index in [4.69, 9.17) is 0 Å². The second kappa shape index (κ2) is 5.79. The third-order valence-corrected chi connectivity index (χ3v) is 3.68. The van der Waals surface area contributed by atoms with Crippen LogP contribution >= 0.6 is 0 Å². The molecule has 0 amide bonds. The minimum absolute atomic E-state index is 0.336. The van der Waals surface area contributed by atoms with Crippen molar-refractivity contribution >= 4 is 10.8 Å². The van der Waals surface area contributed by atoms with Gasteiger partial charge in [0.25, 0.3) is 0 Å². The van der Waals surface area contributed by atoms with Gasteiger partial charge in [-0.3, -0.25) is 0 Å². The second-order valence-electron chi connectivity index (χ2n) is 5.20. The molecular formula is C19H18O. The summed E-state index contributed by atoms with van der Waals surface area (Å²) in [6.45, 7) is 0. The van der Waals surface area contributed by atoms with Crippen molar-refractivity contribution in [2.45, 2.75) is 19.3 Å². The van der Waals surface area contributed by atoms with Crippen LogP contribution in [0.1, 0.15) is 17.5 Å². The molecular weight excluding hydrogens is 244 g/mol. The van der Waals surface area contributed by atoms with Crippen molar-refractivity contribution in [1.82, 2.24) is 0 Å². The molecule has 0 aliphatic carbocycles. The summed E-state index contributed by atoms with van der Waals surface area (Å²) in [5.74, 6) is 0.336. The lowest BCUT2D eigenvalue weighted by Crippen LogP contribution is -1.90. The van der Waals surface area contributed by atoms with Gasteiger partial charge in [-0.1, -0.05) is 54.6 Å². The normalized spacial score (nSPS) is 10.8. The molecule has 0 fully saturated rings. The van der Waals surface area contributed by atoms with Crippen LogP contribution in [0.4, 0.5) is 0 Å². The van der Waals surface area contributed by atoms with E-state index in [1.807, 2.05) is 12.1 Å². The molecule has 1 nitrogen and oxygen atoms in total. The molecule has 100 valence electrons. The van der Waals surface area contributed by atoms with Crippen molar-refractivity contribution in [3.63, 3.8) is 0 Å². The van der Waals surface area contributed by atoms with Gasteiger partial charge >= 0.3 is 0 Å².